The first-order valence-electron chi connectivity index (χ1n) is 34.5. The summed E-state index contributed by atoms with van der Waals surface area (Å²) in [4.78, 5) is 91.5. The summed E-state index contributed by atoms with van der Waals surface area (Å²) in [6, 6.07) is 70.0. The molecule has 7 heterocycles. The van der Waals surface area contributed by atoms with Gasteiger partial charge >= 0.3 is 17.6 Å². The summed E-state index contributed by atoms with van der Waals surface area (Å²) in [5, 5.41) is 64.9. The predicted molar refractivity (Wildman–Crippen MR) is 412 cm³/mol. The normalized spacial score (nSPS) is 13.8. The Bertz CT molecular complexity index is 6330. The van der Waals surface area contributed by atoms with Crippen molar-refractivity contribution in [3.05, 3.63) is 271 Å². The van der Waals surface area contributed by atoms with Crippen LogP contribution >= 0.6 is 0 Å². The van der Waals surface area contributed by atoms with E-state index in [9.17, 15) is 48.6 Å². The monoisotopic (exact) mass is 1640 g/mol. The number of benzene rings is 12. The van der Waals surface area contributed by atoms with Gasteiger partial charge in [0.1, 0.15) is 39.9 Å². The van der Waals surface area contributed by atoms with Crippen LogP contribution in [0.25, 0.3) is 119 Å². The quantitative estimate of drug-likeness (QED) is 0.0236. The van der Waals surface area contributed by atoms with Gasteiger partial charge in [0.05, 0.1) is 69.8 Å². The molecule has 19 rings (SSSR count). The van der Waals surface area contributed by atoms with E-state index in [1.54, 1.807) is 25.1 Å². The Labute approximate surface area is 638 Å². The maximum absolute atomic E-state index is 12.1. The number of carboxylic acids is 1. The number of carbonyl (C=O) groups is 7. The number of ketones is 1. The van der Waals surface area contributed by atoms with Crippen LogP contribution in [0.4, 0.5) is 0 Å². The van der Waals surface area contributed by atoms with Gasteiger partial charge in [-0.2, -0.15) is 0 Å². The van der Waals surface area contributed by atoms with E-state index in [1.165, 1.54) is 6.92 Å². The average molecular weight is 1640 g/mol. The molecule has 2 aliphatic rings. The number of nitrogens with zero attached hydrogens (tertiary/aromatic N) is 4. The van der Waals surface area contributed by atoms with Crippen LogP contribution in [0.3, 0.4) is 0 Å². The van der Waals surface area contributed by atoms with E-state index in [2.05, 4.69) is 31.3 Å². The third-order valence-electron chi connectivity index (χ3n) is 18.6. The second-order valence-electron chi connectivity index (χ2n) is 25.4. The molecule has 2 aliphatic heterocycles. The van der Waals surface area contributed by atoms with Gasteiger partial charge in [-0.05, 0) is 128 Å². The molecule has 17 aromatic rings. The van der Waals surface area contributed by atoms with Gasteiger partial charge in [-0.15, -0.1) is 0 Å². The number of esters is 1. The number of rotatable bonds is 8. The first-order chi connectivity index (χ1) is 52.5. The van der Waals surface area contributed by atoms with Crippen molar-refractivity contribution < 1.29 is 97.2 Å². The number of hydrogen-bond acceptors (Lipinski definition) is 20. The number of phenolic OH excluding ortho intramolecular Hbond substituents is 1. The number of carbonyl (C=O) groups excluding carboxylic acids is 6. The minimum absolute atomic E-state index is 0. The molecule has 0 aliphatic carbocycles. The van der Waals surface area contributed by atoms with Gasteiger partial charge < -0.3 is 50.0 Å². The zero-order valence-corrected chi connectivity index (χ0v) is 62.2. The number of nitrogens with one attached hydrogen (secondary N) is 2. The molecular weight excluding hydrogens is 1570 g/mol. The fraction of sp³-hybridized carbons (Fsp3) is 0.128. The molecule has 2 atom stereocenters. The Morgan fingerprint density at radius 2 is 0.782 bits per heavy atom. The Kier molecular flexibility index (Phi) is 23.2. The number of ether oxygens (including phenoxy) is 1. The van der Waals surface area contributed by atoms with Crippen molar-refractivity contribution in [1.29, 1.82) is 0 Å². The van der Waals surface area contributed by atoms with Crippen LogP contribution in [0, 0.1) is 7.43 Å². The number of phenols is 1. The van der Waals surface area contributed by atoms with Crippen molar-refractivity contribution in [3.63, 3.8) is 0 Å². The number of Topliss-reactive ketones (excluding diaryl/α,β-unsaturated/α-hetero) is 1. The van der Waals surface area contributed by atoms with Gasteiger partial charge in [-0.3, -0.25) is 44.2 Å². The number of aromatic hydroxyl groups is 2. The van der Waals surface area contributed by atoms with Gasteiger partial charge in [-0.25, -0.2) is 4.79 Å². The van der Waals surface area contributed by atoms with Gasteiger partial charge in [-0.1, -0.05) is 203 Å². The van der Waals surface area contributed by atoms with Crippen LogP contribution in [0.5, 0.6) is 11.5 Å². The molecule has 12 aromatic carbocycles. The van der Waals surface area contributed by atoms with Crippen molar-refractivity contribution in [1.82, 2.24) is 31.3 Å². The first-order valence-corrected chi connectivity index (χ1v) is 34.5. The maximum Gasteiger partial charge on any atom is 0.339 e. The number of aliphatic carboxylic acids is 1. The molecule has 5 N–H and O–H groups in total. The molecular formula is C86H67N6O17W-. The van der Waals surface area contributed by atoms with Crippen LogP contribution in [0.1, 0.15) is 84.5 Å². The van der Waals surface area contributed by atoms with E-state index in [0.29, 0.717) is 93.9 Å². The number of fused-ring (bicyclic) bond motifs is 16. The predicted octanol–water partition coefficient (Wildman–Crippen LogP) is 16.5. The van der Waals surface area contributed by atoms with Crippen LogP contribution in [-0.2, 0) is 67.4 Å². The molecule has 0 spiro atoms. The van der Waals surface area contributed by atoms with E-state index in [4.69, 9.17) is 32.4 Å². The number of aromatic nitrogens is 4. The average Bonchev–Trinajstić information content (AvgIpc) is 1.45. The van der Waals surface area contributed by atoms with Crippen LogP contribution in [0.2, 0.25) is 0 Å². The third-order valence-corrected chi connectivity index (χ3v) is 18.6. The van der Waals surface area contributed by atoms with Gasteiger partial charge in [0.25, 0.3) is 0 Å². The number of amides is 4. The molecule has 550 valence electrons. The van der Waals surface area contributed by atoms with E-state index < -0.39 is 23.4 Å². The first kappa shape index (κ1) is 76.1. The van der Waals surface area contributed by atoms with Crippen molar-refractivity contribution in [2.75, 3.05) is 6.61 Å². The van der Waals surface area contributed by atoms with Crippen LogP contribution < -0.4 is 16.3 Å². The fourth-order valence-electron chi connectivity index (χ4n) is 13.7. The summed E-state index contributed by atoms with van der Waals surface area (Å²) in [7, 11) is 0. The molecule has 2 saturated heterocycles. The SMILES string of the molecule is CC(=O)c1c(O)ccc2ccccc12.CCOC(=O)Cc1noc2ccc3ccccc3c12.O=C(O)Cc1noc2ccc3ccccc3c12.O=C1CCC(c2noc3ccc4ccccc4c23)C(=O)N1.O=C1CCC(c2noc3ccc4ccccc4c23)C(=O)N1.O=c1cc(O)c2c(ccc3ccccc32)o1.[CH3-].[W]. The zero-order valence-electron chi connectivity index (χ0n) is 59.2. The van der Waals surface area contributed by atoms with E-state index in [-0.39, 0.29) is 88.2 Å². The second kappa shape index (κ2) is 33.5. The molecule has 5 aromatic heterocycles. The maximum atomic E-state index is 12.1. The number of hydrogen-bond donors (Lipinski definition) is 5. The number of piperidine rings is 2. The number of carboxylic acid groups (broad SMARTS) is 1. The molecule has 4 amide bonds. The van der Waals surface area contributed by atoms with Crippen molar-refractivity contribution in [2.45, 2.75) is 64.2 Å². The Hall–Kier alpha value is -13.5. The minimum Gasteiger partial charge on any atom is -0.507 e. The molecule has 0 saturated carbocycles. The summed E-state index contributed by atoms with van der Waals surface area (Å²) >= 11 is 0. The van der Waals surface area contributed by atoms with Crippen molar-refractivity contribution in [3.8, 4) is 11.5 Å². The Morgan fingerprint density at radius 3 is 1.18 bits per heavy atom. The number of imide groups is 2. The topological polar surface area (TPSA) is 348 Å². The Balaban J connectivity index is 0.000000123. The largest absolute Gasteiger partial charge is 0.507 e. The fourth-order valence-corrected chi connectivity index (χ4v) is 13.7. The summed E-state index contributed by atoms with van der Waals surface area (Å²) in [5.41, 5.74) is 5.25. The zero-order chi connectivity index (χ0) is 75.1. The minimum atomic E-state index is -0.909. The third kappa shape index (κ3) is 16.0. The van der Waals surface area contributed by atoms with Gasteiger partial charge in [0, 0.05) is 33.9 Å². The molecule has 2 unspecified atom stereocenters. The van der Waals surface area contributed by atoms with E-state index in [1.807, 2.05) is 200 Å². The van der Waals surface area contributed by atoms with Crippen molar-refractivity contribution >= 4 is 161 Å². The van der Waals surface area contributed by atoms with Crippen molar-refractivity contribution in [2.24, 2.45) is 0 Å². The summed E-state index contributed by atoms with van der Waals surface area (Å²) in [5.74, 6) is -3.21. The van der Waals surface area contributed by atoms with E-state index >= 15 is 0 Å². The van der Waals surface area contributed by atoms with Crippen LogP contribution in [0.15, 0.2) is 252 Å². The Morgan fingerprint density at radius 1 is 0.436 bits per heavy atom. The summed E-state index contributed by atoms with van der Waals surface area (Å²) in [6.45, 7) is 3.62. The second-order valence-corrected chi connectivity index (χ2v) is 25.4. The molecule has 110 heavy (non-hydrogen) atoms. The standard InChI is InChI=1S/2C16H12N2O3.C15H13NO3.C13H9NO3.C13H8O3.C12H10O2.CH3.W/c2*19-13-8-6-11(16(20)17-13)15-14-10-4-2-1-3-9(10)5-7-12(14)21-18-15;1-2-18-14(17)9-12-15-11-6-4-3-5-10(11)7-8-13(15)19-16-12;15-12(16)7-10-13-9-4-2-1-3-8(9)5-6-11(13)17-14-10;14-10-7-12(15)16-11-6-5-8-3-1-2-4-9(8)13(10)11;1-8(13)12-10-5-3-2-4-9(10)6-7-11(12)14;;/h2*1-5,7,11H,6,8H2,(H,17,19,20);3-8H,2,9H2,1H3;1-6H,7H2,(H,15,16);1-7,14H;2-7,14H,1H3;1H3;/q;;;;;;-1;. The molecule has 0 radical (unpaired) electrons. The molecule has 23 nitrogen and oxygen atoms in total. The molecule has 24 heteroatoms. The smallest absolute Gasteiger partial charge is 0.339 e. The molecule has 2 fully saturated rings. The van der Waals surface area contributed by atoms with Crippen LogP contribution in [-0.4, -0.2) is 83.9 Å². The molecule has 0 bridgehead atoms. The van der Waals surface area contributed by atoms with Gasteiger partial charge in [0.2, 0.25) is 23.6 Å². The van der Waals surface area contributed by atoms with E-state index in [0.717, 1.165) is 92.2 Å². The van der Waals surface area contributed by atoms with Gasteiger partial charge in [0.15, 0.2) is 28.1 Å². The summed E-state index contributed by atoms with van der Waals surface area (Å²) < 4.78 is 31.2. The summed E-state index contributed by atoms with van der Waals surface area (Å²) in [6.07, 6.45) is 1.60.